The fourth-order valence-corrected chi connectivity index (χ4v) is 5.65. The van der Waals surface area contributed by atoms with Gasteiger partial charge in [-0.25, -0.2) is 4.79 Å². The van der Waals surface area contributed by atoms with Gasteiger partial charge in [0.1, 0.15) is 10.0 Å². The number of anilines is 2. The number of thiocarbonyl (C=S) groups is 1. The summed E-state index contributed by atoms with van der Waals surface area (Å²) in [5.41, 5.74) is 2.45. The molecule has 0 atom stereocenters. The van der Waals surface area contributed by atoms with Crippen LogP contribution >= 0.6 is 58.4 Å². The van der Waals surface area contributed by atoms with Gasteiger partial charge in [0.25, 0.3) is 0 Å². The highest BCUT2D eigenvalue weighted by Gasteiger charge is 2.27. The fourth-order valence-electron chi connectivity index (χ4n) is 3.44. The summed E-state index contributed by atoms with van der Waals surface area (Å²) >= 11 is 25.5. The topological polar surface area (TPSA) is 68.2 Å². The zero-order chi connectivity index (χ0) is 22.1. The molecule has 6 nitrogen and oxygen atoms in total. The van der Waals surface area contributed by atoms with Crippen LogP contribution < -0.4 is 10.6 Å². The van der Waals surface area contributed by atoms with E-state index in [2.05, 4.69) is 15.7 Å². The molecule has 0 saturated carbocycles. The number of benzene rings is 1. The first-order chi connectivity index (χ1) is 14.9. The van der Waals surface area contributed by atoms with Crippen molar-refractivity contribution in [2.45, 2.75) is 25.8 Å². The molecule has 4 rings (SSSR count). The fraction of sp³-hybridized carbons (Fsp3) is 0.250. The molecule has 11 heteroatoms. The van der Waals surface area contributed by atoms with E-state index in [0.717, 1.165) is 30.4 Å². The Balaban J connectivity index is 1.48. The standard InChI is InChI=1S/C20H17Cl3N4O2S2/c1-29-19(28)16-12-3-2-4-15(12)31-18(16)25-20(30)24-17-14(23)9-27(26-17)8-10-5-6-11(21)7-13(10)22/h5-7,9H,2-4,8H2,1H3,(H2,24,25,26,30). The maximum Gasteiger partial charge on any atom is 0.341 e. The quantitative estimate of drug-likeness (QED) is 0.319. The Morgan fingerprint density at radius 2 is 2.06 bits per heavy atom. The Bertz CT molecular complexity index is 1180. The minimum absolute atomic E-state index is 0.279. The first kappa shape index (κ1) is 22.4. The summed E-state index contributed by atoms with van der Waals surface area (Å²) in [7, 11) is 1.38. The number of nitrogens with one attached hydrogen (secondary N) is 2. The molecule has 3 aromatic rings. The third kappa shape index (κ3) is 4.83. The molecule has 0 radical (unpaired) electrons. The Hall–Kier alpha value is -1.84. The molecule has 2 N–H and O–H groups in total. The first-order valence-electron chi connectivity index (χ1n) is 9.33. The van der Waals surface area contributed by atoms with Gasteiger partial charge < -0.3 is 15.4 Å². The molecular weight excluding hydrogens is 499 g/mol. The van der Waals surface area contributed by atoms with Gasteiger partial charge in [0.2, 0.25) is 0 Å². The molecule has 0 unspecified atom stereocenters. The van der Waals surface area contributed by atoms with Gasteiger partial charge in [-0.1, -0.05) is 40.9 Å². The van der Waals surface area contributed by atoms with Crippen LogP contribution in [0.25, 0.3) is 0 Å². The normalized spacial score (nSPS) is 12.5. The molecule has 0 saturated heterocycles. The number of fused-ring (bicyclic) bond motifs is 1. The van der Waals surface area contributed by atoms with Crippen LogP contribution in [0.5, 0.6) is 0 Å². The third-order valence-electron chi connectivity index (χ3n) is 4.83. The Morgan fingerprint density at radius 3 is 2.81 bits per heavy atom. The van der Waals surface area contributed by atoms with Crippen LogP contribution in [0.1, 0.15) is 32.8 Å². The number of rotatable bonds is 5. The molecule has 0 spiro atoms. The van der Waals surface area contributed by atoms with Gasteiger partial charge in [0.15, 0.2) is 10.9 Å². The smallest absolute Gasteiger partial charge is 0.341 e. The van der Waals surface area contributed by atoms with E-state index in [-0.39, 0.29) is 11.1 Å². The maximum atomic E-state index is 12.3. The molecule has 0 fully saturated rings. The number of methoxy groups -OCH3 is 1. The van der Waals surface area contributed by atoms with E-state index in [1.54, 1.807) is 23.0 Å². The molecule has 31 heavy (non-hydrogen) atoms. The number of carbonyl (C=O) groups excluding carboxylic acids is 1. The van der Waals surface area contributed by atoms with Crippen LogP contribution in [-0.2, 0) is 24.1 Å². The first-order valence-corrected chi connectivity index (χ1v) is 11.7. The number of thiophene rings is 1. The summed E-state index contributed by atoms with van der Waals surface area (Å²) in [5, 5.41) is 13.0. The predicted octanol–water partition coefficient (Wildman–Crippen LogP) is 6.04. The van der Waals surface area contributed by atoms with Gasteiger partial charge in [-0.3, -0.25) is 4.68 Å². The van der Waals surface area contributed by atoms with Crippen molar-refractivity contribution in [2.75, 3.05) is 17.7 Å². The lowest BCUT2D eigenvalue weighted by Crippen LogP contribution is -2.21. The summed E-state index contributed by atoms with van der Waals surface area (Å²) in [6.07, 6.45) is 4.53. The Labute approximate surface area is 203 Å². The molecule has 2 heterocycles. The van der Waals surface area contributed by atoms with Crippen LogP contribution in [0.3, 0.4) is 0 Å². The number of halogens is 3. The molecule has 1 aliphatic rings. The highest BCUT2D eigenvalue weighted by atomic mass is 35.5. The lowest BCUT2D eigenvalue weighted by atomic mass is 10.1. The molecule has 0 aliphatic heterocycles. The van der Waals surface area contributed by atoms with E-state index >= 15 is 0 Å². The monoisotopic (exact) mass is 514 g/mol. The number of ether oxygens (including phenoxy) is 1. The van der Waals surface area contributed by atoms with Gasteiger partial charge in [0.05, 0.1) is 19.2 Å². The summed E-state index contributed by atoms with van der Waals surface area (Å²) in [6, 6.07) is 5.28. The van der Waals surface area contributed by atoms with Gasteiger partial charge in [0, 0.05) is 21.1 Å². The lowest BCUT2D eigenvalue weighted by Gasteiger charge is -2.10. The molecule has 0 bridgehead atoms. The summed E-state index contributed by atoms with van der Waals surface area (Å²) in [5.74, 6) is 0.0276. The van der Waals surface area contributed by atoms with Crippen LogP contribution in [-0.4, -0.2) is 28.0 Å². The second-order valence-corrected chi connectivity index (χ2v) is 9.66. The number of esters is 1. The SMILES string of the molecule is COC(=O)c1c(NC(=S)Nc2nn(Cc3ccc(Cl)cc3Cl)cc2Cl)sc2c1CCC2. The van der Waals surface area contributed by atoms with Crippen molar-refractivity contribution in [3.63, 3.8) is 0 Å². The van der Waals surface area contributed by atoms with Crippen molar-refractivity contribution in [1.82, 2.24) is 9.78 Å². The molecule has 2 aromatic heterocycles. The van der Waals surface area contributed by atoms with Crippen molar-refractivity contribution in [1.29, 1.82) is 0 Å². The van der Waals surface area contributed by atoms with Gasteiger partial charge in [-0.2, -0.15) is 5.10 Å². The zero-order valence-corrected chi connectivity index (χ0v) is 20.2. The molecule has 1 aliphatic carbocycles. The van der Waals surface area contributed by atoms with Crippen LogP contribution in [0.15, 0.2) is 24.4 Å². The zero-order valence-electron chi connectivity index (χ0n) is 16.3. The molecular formula is C20H17Cl3N4O2S2. The van der Waals surface area contributed by atoms with Gasteiger partial charge in [-0.15, -0.1) is 11.3 Å². The minimum atomic E-state index is -0.369. The average molecular weight is 516 g/mol. The molecule has 162 valence electrons. The minimum Gasteiger partial charge on any atom is -0.465 e. The van der Waals surface area contributed by atoms with Gasteiger partial charge in [-0.05, 0) is 54.7 Å². The lowest BCUT2D eigenvalue weighted by molar-refractivity contribution is 0.0601. The van der Waals surface area contributed by atoms with Crippen molar-refractivity contribution in [2.24, 2.45) is 0 Å². The number of carbonyl (C=O) groups is 1. The van der Waals surface area contributed by atoms with Crippen molar-refractivity contribution in [3.05, 3.63) is 61.0 Å². The predicted molar refractivity (Wildman–Crippen MR) is 130 cm³/mol. The van der Waals surface area contributed by atoms with Gasteiger partial charge >= 0.3 is 5.97 Å². The Kier molecular flexibility index (Phi) is 6.74. The van der Waals surface area contributed by atoms with E-state index in [9.17, 15) is 4.79 Å². The van der Waals surface area contributed by atoms with E-state index in [1.807, 2.05) is 6.07 Å². The second kappa shape index (κ2) is 9.34. The maximum absolute atomic E-state index is 12.3. The number of hydrogen-bond donors (Lipinski definition) is 2. The number of hydrogen-bond acceptors (Lipinski definition) is 5. The van der Waals surface area contributed by atoms with Crippen molar-refractivity contribution in [3.8, 4) is 0 Å². The highest BCUT2D eigenvalue weighted by molar-refractivity contribution is 7.80. The number of nitrogens with zero attached hydrogens (tertiary/aromatic N) is 2. The largest absolute Gasteiger partial charge is 0.465 e. The van der Waals surface area contributed by atoms with Crippen LogP contribution in [0.2, 0.25) is 15.1 Å². The highest BCUT2D eigenvalue weighted by Crippen LogP contribution is 2.39. The number of aromatic nitrogens is 2. The second-order valence-electron chi connectivity index (χ2n) is 6.89. The van der Waals surface area contributed by atoms with E-state index in [1.165, 1.54) is 23.3 Å². The van der Waals surface area contributed by atoms with Crippen LogP contribution in [0, 0.1) is 0 Å². The average Bonchev–Trinajstić information content (AvgIpc) is 3.38. The summed E-state index contributed by atoms with van der Waals surface area (Å²) in [4.78, 5) is 13.5. The molecule has 0 amide bonds. The van der Waals surface area contributed by atoms with E-state index in [0.29, 0.717) is 38.0 Å². The van der Waals surface area contributed by atoms with Crippen molar-refractivity contribution >= 4 is 80.3 Å². The Morgan fingerprint density at radius 1 is 1.26 bits per heavy atom. The summed E-state index contributed by atoms with van der Waals surface area (Å²) in [6.45, 7) is 0.418. The van der Waals surface area contributed by atoms with E-state index in [4.69, 9.17) is 51.8 Å². The van der Waals surface area contributed by atoms with E-state index < -0.39 is 0 Å². The molecule has 1 aromatic carbocycles. The third-order valence-corrected chi connectivity index (χ3v) is 7.11. The summed E-state index contributed by atoms with van der Waals surface area (Å²) < 4.78 is 6.62. The van der Waals surface area contributed by atoms with Crippen molar-refractivity contribution < 1.29 is 9.53 Å². The number of aryl methyl sites for hydroxylation is 1. The van der Waals surface area contributed by atoms with Crippen LogP contribution in [0.4, 0.5) is 10.8 Å².